The number of nitrogens with zero attached hydrogens (tertiary/aromatic N) is 1. The highest BCUT2D eigenvalue weighted by molar-refractivity contribution is 5.67. The van der Waals surface area contributed by atoms with E-state index in [4.69, 9.17) is 4.74 Å². The molecule has 1 aliphatic heterocycles. The van der Waals surface area contributed by atoms with Gasteiger partial charge in [-0.2, -0.15) is 0 Å². The monoisotopic (exact) mass is 309 g/mol. The number of morpholine rings is 1. The Morgan fingerprint density at radius 1 is 0.957 bits per heavy atom. The number of ether oxygens (including phenoxy) is 1. The van der Waals surface area contributed by atoms with Gasteiger partial charge >= 0.3 is 0 Å². The Bertz CT molecular complexity index is 590. The maximum Gasteiger partial charge on any atom is 0.0594 e. The summed E-state index contributed by atoms with van der Waals surface area (Å²) in [5, 5.41) is 0. The Morgan fingerprint density at radius 3 is 2.43 bits per heavy atom. The molecule has 2 heteroatoms. The van der Waals surface area contributed by atoms with E-state index in [1.165, 1.54) is 36.1 Å². The van der Waals surface area contributed by atoms with E-state index in [0.29, 0.717) is 5.92 Å². The molecule has 1 heterocycles. The smallest absolute Gasteiger partial charge is 0.0594 e. The summed E-state index contributed by atoms with van der Waals surface area (Å²) in [5.74, 6) is 0.590. The fourth-order valence-corrected chi connectivity index (χ4v) is 3.41. The molecule has 0 radical (unpaired) electrons. The number of benzene rings is 2. The second kappa shape index (κ2) is 8.28. The standard InChI is InChI=1S/C21H27NO/c1-18(8-7-13-22-14-16-23-17-15-22)20-11-5-6-12-21(20)19-9-3-2-4-10-19/h2-6,9-12,18H,7-8,13-17H2,1H3. The summed E-state index contributed by atoms with van der Waals surface area (Å²) in [6, 6.07) is 19.6. The van der Waals surface area contributed by atoms with Gasteiger partial charge < -0.3 is 4.74 Å². The summed E-state index contributed by atoms with van der Waals surface area (Å²) >= 11 is 0. The summed E-state index contributed by atoms with van der Waals surface area (Å²) in [6.07, 6.45) is 2.49. The van der Waals surface area contributed by atoms with E-state index in [1.807, 2.05) is 0 Å². The van der Waals surface area contributed by atoms with Crippen LogP contribution in [0.15, 0.2) is 54.6 Å². The SMILES string of the molecule is CC(CCCN1CCOCC1)c1ccccc1-c1ccccc1. The first-order valence-corrected chi connectivity index (χ1v) is 8.79. The largest absolute Gasteiger partial charge is 0.379 e. The molecule has 3 rings (SSSR count). The van der Waals surface area contributed by atoms with Crippen LogP contribution in [0.2, 0.25) is 0 Å². The molecule has 0 amide bonds. The predicted octanol–water partition coefficient (Wildman–Crippen LogP) is 4.57. The molecule has 1 atom stereocenters. The Labute approximate surface area is 140 Å². The number of rotatable bonds is 6. The Hall–Kier alpha value is -1.64. The van der Waals surface area contributed by atoms with Gasteiger partial charge in [0.2, 0.25) is 0 Å². The molecule has 0 bridgehead atoms. The van der Waals surface area contributed by atoms with Crippen LogP contribution in [0.5, 0.6) is 0 Å². The lowest BCUT2D eigenvalue weighted by Gasteiger charge is -2.27. The van der Waals surface area contributed by atoms with E-state index < -0.39 is 0 Å². The normalized spacial score (nSPS) is 17.1. The highest BCUT2D eigenvalue weighted by atomic mass is 16.5. The minimum Gasteiger partial charge on any atom is -0.379 e. The van der Waals surface area contributed by atoms with Gasteiger partial charge in [0.1, 0.15) is 0 Å². The van der Waals surface area contributed by atoms with Gasteiger partial charge in [0.05, 0.1) is 13.2 Å². The van der Waals surface area contributed by atoms with Crippen molar-refractivity contribution in [3.05, 3.63) is 60.2 Å². The fraction of sp³-hybridized carbons (Fsp3) is 0.429. The van der Waals surface area contributed by atoms with Crippen molar-refractivity contribution in [3.63, 3.8) is 0 Å². The second-order valence-electron chi connectivity index (χ2n) is 6.45. The summed E-state index contributed by atoms with van der Waals surface area (Å²) in [5.41, 5.74) is 4.18. The van der Waals surface area contributed by atoms with E-state index in [0.717, 1.165) is 26.3 Å². The van der Waals surface area contributed by atoms with E-state index in [2.05, 4.69) is 66.4 Å². The van der Waals surface area contributed by atoms with E-state index in [-0.39, 0.29) is 0 Å². The Kier molecular flexibility index (Phi) is 5.84. The van der Waals surface area contributed by atoms with Crippen LogP contribution >= 0.6 is 0 Å². The van der Waals surface area contributed by atoms with Crippen LogP contribution in [0, 0.1) is 0 Å². The summed E-state index contributed by atoms with van der Waals surface area (Å²) < 4.78 is 5.42. The third kappa shape index (κ3) is 4.43. The molecule has 1 saturated heterocycles. The van der Waals surface area contributed by atoms with Gasteiger partial charge in [-0.3, -0.25) is 4.90 Å². The molecule has 0 saturated carbocycles. The highest BCUT2D eigenvalue weighted by Crippen LogP contribution is 2.31. The average Bonchev–Trinajstić information content (AvgIpc) is 2.63. The topological polar surface area (TPSA) is 12.5 Å². The molecule has 0 aromatic heterocycles. The minimum atomic E-state index is 0.590. The highest BCUT2D eigenvalue weighted by Gasteiger charge is 2.13. The van der Waals surface area contributed by atoms with Crippen molar-refractivity contribution >= 4 is 0 Å². The number of hydrogen-bond acceptors (Lipinski definition) is 2. The molecule has 0 spiro atoms. The third-order valence-electron chi connectivity index (χ3n) is 4.79. The summed E-state index contributed by atoms with van der Waals surface area (Å²) in [4.78, 5) is 2.53. The summed E-state index contributed by atoms with van der Waals surface area (Å²) in [7, 11) is 0. The lowest BCUT2D eigenvalue weighted by atomic mass is 9.89. The number of hydrogen-bond donors (Lipinski definition) is 0. The minimum absolute atomic E-state index is 0.590. The molecule has 0 aliphatic carbocycles. The lowest BCUT2D eigenvalue weighted by molar-refractivity contribution is 0.0370. The quantitative estimate of drug-likeness (QED) is 0.775. The maximum atomic E-state index is 5.42. The van der Waals surface area contributed by atoms with Crippen molar-refractivity contribution in [1.29, 1.82) is 0 Å². The first-order valence-electron chi connectivity index (χ1n) is 8.79. The molecule has 0 N–H and O–H groups in total. The zero-order chi connectivity index (χ0) is 15.9. The van der Waals surface area contributed by atoms with Gasteiger partial charge in [-0.15, -0.1) is 0 Å². The van der Waals surface area contributed by atoms with Crippen LogP contribution in [-0.4, -0.2) is 37.7 Å². The van der Waals surface area contributed by atoms with Crippen LogP contribution < -0.4 is 0 Å². The first-order chi connectivity index (χ1) is 11.3. The van der Waals surface area contributed by atoms with Crippen molar-refractivity contribution in [1.82, 2.24) is 4.90 Å². The van der Waals surface area contributed by atoms with Gasteiger partial charge in [-0.1, -0.05) is 61.5 Å². The van der Waals surface area contributed by atoms with Crippen molar-refractivity contribution in [2.75, 3.05) is 32.8 Å². The molecular weight excluding hydrogens is 282 g/mol. The zero-order valence-corrected chi connectivity index (χ0v) is 14.1. The third-order valence-corrected chi connectivity index (χ3v) is 4.79. The van der Waals surface area contributed by atoms with Gasteiger partial charge in [0.15, 0.2) is 0 Å². The molecule has 1 unspecified atom stereocenters. The fourth-order valence-electron chi connectivity index (χ4n) is 3.41. The van der Waals surface area contributed by atoms with E-state index >= 15 is 0 Å². The molecule has 122 valence electrons. The van der Waals surface area contributed by atoms with Crippen molar-refractivity contribution in [3.8, 4) is 11.1 Å². The Morgan fingerprint density at radius 2 is 1.65 bits per heavy atom. The van der Waals surface area contributed by atoms with Crippen molar-refractivity contribution < 1.29 is 4.74 Å². The molecule has 23 heavy (non-hydrogen) atoms. The first kappa shape index (κ1) is 16.2. The zero-order valence-electron chi connectivity index (χ0n) is 14.1. The van der Waals surface area contributed by atoms with Crippen LogP contribution in [-0.2, 0) is 4.74 Å². The average molecular weight is 309 g/mol. The molecule has 2 aromatic carbocycles. The molecular formula is C21H27NO. The Balaban J connectivity index is 1.62. The van der Waals surface area contributed by atoms with E-state index in [1.54, 1.807) is 0 Å². The van der Waals surface area contributed by atoms with Crippen LogP contribution in [0.3, 0.4) is 0 Å². The van der Waals surface area contributed by atoms with Gasteiger partial charge in [0.25, 0.3) is 0 Å². The van der Waals surface area contributed by atoms with Gasteiger partial charge in [-0.25, -0.2) is 0 Å². The molecule has 2 nitrogen and oxygen atoms in total. The second-order valence-corrected chi connectivity index (χ2v) is 6.45. The maximum absolute atomic E-state index is 5.42. The predicted molar refractivity (Wildman–Crippen MR) is 96.8 cm³/mol. The lowest BCUT2D eigenvalue weighted by Crippen LogP contribution is -2.36. The molecule has 1 aliphatic rings. The van der Waals surface area contributed by atoms with Gasteiger partial charge in [0, 0.05) is 13.1 Å². The van der Waals surface area contributed by atoms with Crippen LogP contribution in [0.4, 0.5) is 0 Å². The molecule has 1 fully saturated rings. The van der Waals surface area contributed by atoms with Gasteiger partial charge in [-0.05, 0) is 42.0 Å². The van der Waals surface area contributed by atoms with Crippen molar-refractivity contribution in [2.24, 2.45) is 0 Å². The van der Waals surface area contributed by atoms with E-state index in [9.17, 15) is 0 Å². The van der Waals surface area contributed by atoms with Crippen LogP contribution in [0.1, 0.15) is 31.2 Å². The van der Waals surface area contributed by atoms with Crippen LogP contribution in [0.25, 0.3) is 11.1 Å². The summed E-state index contributed by atoms with van der Waals surface area (Å²) in [6.45, 7) is 7.53. The van der Waals surface area contributed by atoms with Crippen molar-refractivity contribution in [2.45, 2.75) is 25.7 Å². The molecule has 2 aromatic rings.